The number of nitrogens with zero attached hydrogens (tertiary/aromatic N) is 1. The maximum Gasteiger partial charge on any atom is 0.240 e. The summed E-state index contributed by atoms with van der Waals surface area (Å²) >= 11 is 0. The lowest BCUT2D eigenvalue weighted by atomic mass is 10.3. The third kappa shape index (κ3) is 2.69. The molecule has 0 bridgehead atoms. The summed E-state index contributed by atoms with van der Waals surface area (Å²) in [6, 6.07) is 4.60. The zero-order valence-electron chi connectivity index (χ0n) is 10.0. The minimum atomic E-state index is -3.50. The average Bonchev–Trinajstić information content (AvgIpc) is 2.68. The molecule has 1 heterocycles. The van der Waals surface area contributed by atoms with Crippen molar-refractivity contribution in [3.8, 4) is 0 Å². The number of rotatable bonds is 5. The SMILES string of the molecule is Cc1nc2cc(S(=O)(=O)NCCCN)ccc2o1. The molecule has 0 saturated carbocycles. The van der Waals surface area contributed by atoms with Gasteiger partial charge in [0.25, 0.3) is 0 Å². The van der Waals surface area contributed by atoms with Crippen LogP contribution in [0.4, 0.5) is 0 Å². The van der Waals surface area contributed by atoms with Crippen molar-refractivity contribution >= 4 is 21.1 Å². The van der Waals surface area contributed by atoms with Crippen LogP contribution >= 0.6 is 0 Å². The Morgan fingerprint density at radius 2 is 2.22 bits per heavy atom. The third-order valence-corrected chi connectivity index (χ3v) is 3.91. The van der Waals surface area contributed by atoms with Crippen molar-refractivity contribution in [1.82, 2.24) is 9.71 Å². The van der Waals surface area contributed by atoms with Crippen LogP contribution in [0.1, 0.15) is 12.3 Å². The van der Waals surface area contributed by atoms with Gasteiger partial charge in [-0.05, 0) is 31.2 Å². The number of hydrogen-bond donors (Lipinski definition) is 2. The minimum absolute atomic E-state index is 0.181. The summed E-state index contributed by atoms with van der Waals surface area (Å²) in [5.41, 5.74) is 6.43. The van der Waals surface area contributed by atoms with Crippen molar-refractivity contribution in [2.24, 2.45) is 5.73 Å². The first-order valence-electron chi connectivity index (χ1n) is 5.60. The lowest BCUT2D eigenvalue weighted by Crippen LogP contribution is -2.26. The predicted molar refractivity (Wildman–Crippen MR) is 67.6 cm³/mol. The van der Waals surface area contributed by atoms with E-state index in [0.29, 0.717) is 36.5 Å². The van der Waals surface area contributed by atoms with Gasteiger partial charge in [-0.1, -0.05) is 0 Å². The average molecular weight is 269 g/mol. The number of oxazole rings is 1. The Kier molecular flexibility index (Phi) is 3.65. The number of aryl methyl sites for hydroxylation is 1. The Bertz CT molecular complexity index is 649. The molecule has 0 spiro atoms. The second-order valence-corrected chi connectivity index (χ2v) is 5.67. The molecule has 0 aliphatic rings. The van der Waals surface area contributed by atoms with Gasteiger partial charge in [0.1, 0.15) is 5.52 Å². The van der Waals surface area contributed by atoms with Gasteiger partial charge in [-0.25, -0.2) is 18.1 Å². The lowest BCUT2D eigenvalue weighted by molar-refractivity contribution is 0.561. The van der Waals surface area contributed by atoms with Gasteiger partial charge in [0, 0.05) is 13.5 Å². The molecule has 0 fully saturated rings. The van der Waals surface area contributed by atoms with Crippen molar-refractivity contribution in [2.45, 2.75) is 18.2 Å². The number of sulfonamides is 1. The van der Waals surface area contributed by atoms with Gasteiger partial charge in [0.2, 0.25) is 10.0 Å². The molecular formula is C11H15N3O3S. The van der Waals surface area contributed by atoms with E-state index in [1.807, 2.05) is 0 Å². The van der Waals surface area contributed by atoms with Crippen LogP contribution < -0.4 is 10.5 Å². The summed E-state index contributed by atoms with van der Waals surface area (Å²) in [5.74, 6) is 0.510. The number of benzene rings is 1. The predicted octanol–water partition coefficient (Wildman–Crippen LogP) is 0.763. The first-order valence-corrected chi connectivity index (χ1v) is 7.08. The molecule has 98 valence electrons. The molecule has 0 atom stereocenters. The van der Waals surface area contributed by atoms with E-state index in [2.05, 4.69) is 9.71 Å². The molecule has 3 N–H and O–H groups in total. The Morgan fingerprint density at radius 3 is 2.94 bits per heavy atom. The topological polar surface area (TPSA) is 98.2 Å². The van der Waals surface area contributed by atoms with Crippen molar-refractivity contribution in [3.63, 3.8) is 0 Å². The largest absolute Gasteiger partial charge is 0.441 e. The van der Waals surface area contributed by atoms with E-state index in [4.69, 9.17) is 10.2 Å². The quantitative estimate of drug-likeness (QED) is 0.781. The van der Waals surface area contributed by atoms with Gasteiger partial charge in [-0.15, -0.1) is 0 Å². The van der Waals surface area contributed by atoms with Crippen LogP contribution in [0.15, 0.2) is 27.5 Å². The van der Waals surface area contributed by atoms with Crippen LogP contribution in [0.5, 0.6) is 0 Å². The molecule has 6 nitrogen and oxygen atoms in total. The number of hydrogen-bond acceptors (Lipinski definition) is 5. The third-order valence-electron chi connectivity index (χ3n) is 2.45. The van der Waals surface area contributed by atoms with Crippen LogP contribution in [-0.4, -0.2) is 26.5 Å². The second-order valence-electron chi connectivity index (χ2n) is 3.90. The number of aromatic nitrogens is 1. The Labute approximate surface area is 105 Å². The van der Waals surface area contributed by atoms with Crippen molar-refractivity contribution in [1.29, 1.82) is 0 Å². The number of nitrogens with one attached hydrogen (secondary N) is 1. The fraction of sp³-hybridized carbons (Fsp3) is 0.364. The summed E-state index contributed by atoms with van der Waals surface area (Å²) in [6.07, 6.45) is 0.602. The highest BCUT2D eigenvalue weighted by Crippen LogP contribution is 2.19. The van der Waals surface area contributed by atoms with Gasteiger partial charge < -0.3 is 10.2 Å². The standard InChI is InChI=1S/C11H15N3O3S/c1-8-14-10-7-9(3-4-11(10)17-8)18(15,16)13-6-2-5-12/h3-4,7,13H,2,5-6,12H2,1H3. The summed E-state index contributed by atoms with van der Waals surface area (Å²) < 4.78 is 31.7. The summed E-state index contributed by atoms with van der Waals surface area (Å²) in [7, 11) is -3.50. The summed E-state index contributed by atoms with van der Waals surface area (Å²) in [4.78, 5) is 4.29. The molecule has 0 radical (unpaired) electrons. The van der Waals surface area contributed by atoms with Gasteiger partial charge in [-0.2, -0.15) is 0 Å². The Hall–Kier alpha value is -1.44. The molecule has 0 aliphatic carbocycles. The number of nitrogens with two attached hydrogens (primary N) is 1. The van der Waals surface area contributed by atoms with E-state index in [1.54, 1.807) is 13.0 Å². The van der Waals surface area contributed by atoms with E-state index >= 15 is 0 Å². The fourth-order valence-electron chi connectivity index (χ4n) is 1.58. The normalized spacial score (nSPS) is 12.1. The van der Waals surface area contributed by atoms with Crippen LogP contribution in [0.2, 0.25) is 0 Å². The molecule has 0 unspecified atom stereocenters. The van der Waals surface area contributed by atoms with Gasteiger partial charge in [0.05, 0.1) is 4.90 Å². The minimum Gasteiger partial charge on any atom is -0.441 e. The molecule has 0 aliphatic heterocycles. The van der Waals surface area contributed by atoms with Crippen LogP contribution in [0.3, 0.4) is 0 Å². The van der Waals surface area contributed by atoms with Crippen molar-refractivity contribution < 1.29 is 12.8 Å². The molecule has 0 amide bonds. The van der Waals surface area contributed by atoms with E-state index in [1.165, 1.54) is 12.1 Å². The molecule has 1 aromatic heterocycles. The maximum atomic E-state index is 11.9. The molecular weight excluding hydrogens is 254 g/mol. The van der Waals surface area contributed by atoms with Gasteiger partial charge in [-0.3, -0.25) is 0 Å². The van der Waals surface area contributed by atoms with E-state index in [9.17, 15) is 8.42 Å². The molecule has 18 heavy (non-hydrogen) atoms. The first kappa shape index (κ1) is 13.0. The summed E-state index contributed by atoms with van der Waals surface area (Å²) in [5, 5.41) is 0. The zero-order chi connectivity index (χ0) is 13.2. The van der Waals surface area contributed by atoms with E-state index < -0.39 is 10.0 Å². The first-order chi connectivity index (χ1) is 8.53. The van der Waals surface area contributed by atoms with Crippen LogP contribution in [0.25, 0.3) is 11.1 Å². The highest BCUT2D eigenvalue weighted by molar-refractivity contribution is 7.89. The van der Waals surface area contributed by atoms with E-state index in [0.717, 1.165) is 0 Å². The lowest BCUT2D eigenvalue weighted by Gasteiger charge is -2.05. The fourth-order valence-corrected chi connectivity index (χ4v) is 2.68. The smallest absolute Gasteiger partial charge is 0.240 e. The van der Waals surface area contributed by atoms with Crippen LogP contribution in [-0.2, 0) is 10.0 Å². The summed E-state index contributed by atoms with van der Waals surface area (Å²) in [6.45, 7) is 2.49. The van der Waals surface area contributed by atoms with Crippen molar-refractivity contribution in [3.05, 3.63) is 24.1 Å². The number of fused-ring (bicyclic) bond motifs is 1. The zero-order valence-corrected chi connectivity index (χ0v) is 10.8. The van der Waals surface area contributed by atoms with E-state index in [-0.39, 0.29) is 4.90 Å². The van der Waals surface area contributed by atoms with Crippen LogP contribution in [0, 0.1) is 6.92 Å². The maximum absolute atomic E-state index is 11.9. The molecule has 0 saturated heterocycles. The van der Waals surface area contributed by atoms with Crippen molar-refractivity contribution in [2.75, 3.05) is 13.1 Å². The molecule has 2 aromatic rings. The molecule has 2 rings (SSSR count). The molecule has 7 heteroatoms. The second kappa shape index (κ2) is 5.05. The van der Waals surface area contributed by atoms with Gasteiger partial charge >= 0.3 is 0 Å². The highest BCUT2D eigenvalue weighted by Gasteiger charge is 2.15. The monoisotopic (exact) mass is 269 g/mol. The molecule has 1 aromatic carbocycles. The Balaban J connectivity index is 2.29. The highest BCUT2D eigenvalue weighted by atomic mass is 32.2. The van der Waals surface area contributed by atoms with Gasteiger partial charge in [0.15, 0.2) is 11.5 Å². The Morgan fingerprint density at radius 1 is 1.44 bits per heavy atom.